The Morgan fingerprint density at radius 1 is 0.375 bits per heavy atom. The largest absolute Gasteiger partial charge is 0.228 e. The van der Waals surface area contributed by atoms with E-state index >= 15 is 0 Å². The second kappa shape index (κ2) is 12.7. The standard InChI is InChI=1S/C53H36N2S/c1-53(2)45-20-10-8-18-43(45)51-38(19-12-21-46(51)53)34-25-23-33(24-26-34)37-28-29-41(40-16-7-6-15-39(37)40)48-32-47(54-52(55-48)35-13-4-3-5-14-35)36-27-30-50-44(31-36)42-17-9-11-22-49(42)56-50/h3-32H,1-2H3. The first kappa shape index (κ1) is 32.7. The molecule has 0 spiro atoms. The molecule has 2 aromatic heterocycles. The van der Waals surface area contributed by atoms with Crippen LogP contribution in [0.1, 0.15) is 25.0 Å². The molecule has 10 aromatic rings. The lowest BCUT2D eigenvalue weighted by molar-refractivity contribution is 0.660. The highest BCUT2D eigenvalue weighted by atomic mass is 32.1. The zero-order valence-electron chi connectivity index (χ0n) is 31.1. The van der Waals surface area contributed by atoms with Crippen LogP contribution in [0, 0.1) is 0 Å². The van der Waals surface area contributed by atoms with Gasteiger partial charge in [-0.25, -0.2) is 9.97 Å². The molecule has 0 fully saturated rings. The maximum absolute atomic E-state index is 5.25. The monoisotopic (exact) mass is 732 g/mol. The van der Waals surface area contributed by atoms with Crippen molar-refractivity contribution >= 4 is 42.3 Å². The van der Waals surface area contributed by atoms with Gasteiger partial charge in [0.05, 0.1) is 11.4 Å². The van der Waals surface area contributed by atoms with Crippen molar-refractivity contribution < 1.29 is 0 Å². The molecule has 8 aromatic carbocycles. The van der Waals surface area contributed by atoms with Crippen LogP contribution in [0.25, 0.3) is 98.2 Å². The molecule has 56 heavy (non-hydrogen) atoms. The highest BCUT2D eigenvalue weighted by Gasteiger charge is 2.36. The first-order valence-corrected chi connectivity index (χ1v) is 20.1. The lowest BCUT2D eigenvalue weighted by Gasteiger charge is -2.21. The Morgan fingerprint density at radius 2 is 0.964 bits per heavy atom. The number of nitrogens with zero attached hydrogens (tertiary/aromatic N) is 2. The average molecular weight is 733 g/mol. The minimum Gasteiger partial charge on any atom is -0.228 e. The van der Waals surface area contributed by atoms with E-state index in [0.29, 0.717) is 0 Å². The summed E-state index contributed by atoms with van der Waals surface area (Å²) >= 11 is 1.84. The molecule has 264 valence electrons. The minimum absolute atomic E-state index is 0.0265. The van der Waals surface area contributed by atoms with Gasteiger partial charge in [-0.15, -0.1) is 11.3 Å². The Labute approximate surface area is 330 Å². The van der Waals surface area contributed by atoms with Crippen LogP contribution in [-0.2, 0) is 5.41 Å². The third-order valence-corrected chi connectivity index (χ3v) is 12.9. The van der Waals surface area contributed by atoms with E-state index in [-0.39, 0.29) is 5.41 Å². The first-order valence-electron chi connectivity index (χ1n) is 19.2. The lowest BCUT2D eigenvalue weighted by atomic mass is 9.82. The van der Waals surface area contributed by atoms with E-state index in [1.54, 1.807) is 0 Å². The topological polar surface area (TPSA) is 25.8 Å². The smallest absolute Gasteiger partial charge is 0.160 e. The van der Waals surface area contributed by atoms with Crippen molar-refractivity contribution in [3.63, 3.8) is 0 Å². The number of rotatable bonds is 5. The van der Waals surface area contributed by atoms with Crippen LogP contribution < -0.4 is 0 Å². The molecule has 0 saturated carbocycles. The Balaban J connectivity index is 1.02. The van der Waals surface area contributed by atoms with Gasteiger partial charge in [-0.05, 0) is 79.5 Å². The fraction of sp³-hybridized carbons (Fsp3) is 0.0566. The summed E-state index contributed by atoms with van der Waals surface area (Å²) in [6, 6.07) is 65.9. The maximum atomic E-state index is 5.25. The molecule has 11 rings (SSSR count). The van der Waals surface area contributed by atoms with Crippen molar-refractivity contribution in [2.24, 2.45) is 0 Å². The van der Waals surface area contributed by atoms with Crippen LogP contribution >= 0.6 is 11.3 Å². The van der Waals surface area contributed by atoms with Crippen molar-refractivity contribution in [3.05, 3.63) is 193 Å². The van der Waals surface area contributed by atoms with Gasteiger partial charge in [-0.1, -0.05) is 172 Å². The van der Waals surface area contributed by atoms with Crippen LogP contribution in [0.3, 0.4) is 0 Å². The van der Waals surface area contributed by atoms with Crippen LogP contribution in [0.5, 0.6) is 0 Å². The van der Waals surface area contributed by atoms with Gasteiger partial charge in [0.1, 0.15) is 0 Å². The second-order valence-electron chi connectivity index (χ2n) is 15.3. The van der Waals surface area contributed by atoms with Crippen molar-refractivity contribution in [2.75, 3.05) is 0 Å². The summed E-state index contributed by atoms with van der Waals surface area (Å²) in [5.74, 6) is 0.718. The van der Waals surface area contributed by atoms with Gasteiger partial charge in [0.25, 0.3) is 0 Å². The van der Waals surface area contributed by atoms with E-state index in [1.165, 1.54) is 70.1 Å². The predicted octanol–water partition coefficient (Wildman–Crippen LogP) is 14.6. The van der Waals surface area contributed by atoms with E-state index in [1.807, 2.05) is 17.4 Å². The zero-order valence-corrected chi connectivity index (χ0v) is 31.9. The molecule has 0 atom stereocenters. The molecule has 0 bridgehead atoms. The number of benzene rings is 8. The summed E-state index contributed by atoms with van der Waals surface area (Å²) in [7, 11) is 0. The molecule has 0 amide bonds. The molecular formula is C53H36N2S. The summed E-state index contributed by atoms with van der Waals surface area (Å²) in [5, 5.41) is 4.90. The molecule has 0 aliphatic heterocycles. The Morgan fingerprint density at radius 3 is 1.79 bits per heavy atom. The fourth-order valence-corrected chi connectivity index (χ4v) is 10.0. The van der Waals surface area contributed by atoms with Crippen molar-refractivity contribution in [1.82, 2.24) is 9.97 Å². The minimum atomic E-state index is -0.0265. The number of hydrogen-bond acceptors (Lipinski definition) is 3. The summed E-state index contributed by atoms with van der Waals surface area (Å²) in [5.41, 5.74) is 15.4. The molecule has 2 heterocycles. The molecule has 0 unspecified atom stereocenters. The third-order valence-electron chi connectivity index (χ3n) is 11.7. The van der Waals surface area contributed by atoms with Gasteiger partial charge >= 0.3 is 0 Å². The van der Waals surface area contributed by atoms with Crippen LogP contribution in [0.15, 0.2) is 182 Å². The van der Waals surface area contributed by atoms with Gasteiger partial charge < -0.3 is 0 Å². The molecule has 0 radical (unpaired) electrons. The van der Waals surface area contributed by atoms with Gasteiger partial charge in [0.15, 0.2) is 5.82 Å². The molecule has 0 N–H and O–H groups in total. The first-order chi connectivity index (χ1) is 27.5. The summed E-state index contributed by atoms with van der Waals surface area (Å²) < 4.78 is 2.58. The number of hydrogen-bond donors (Lipinski definition) is 0. The zero-order chi connectivity index (χ0) is 37.4. The van der Waals surface area contributed by atoms with Gasteiger partial charge in [0.2, 0.25) is 0 Å². The fourth-order valence-electron chi connectivity index (χ4n) is 8.93. The average Bonchev–Trinajstić information content (AvgIpc) is 3.75. The van der Waals surface area contributed by atoms with Crippen molar-refractivity contribution in [1.29, 1.82) is 0 Å². The maximum Gasteiger partial charge on any atom is 0.160 e. The molecule has 3 heteroatoms. The second-order valence-corrected chi connectivity index (χ2v) is 16.4. The molecule has 1 aliphatic carbocycles. The summed E-state index contributed by atoms with van der Waals surface area (Å²) in [6.45, 7) is 4.69. The van der Waals surface area contributed by atoms with Crippen LogP contribution in [0.2, 0.25) is 0 Å². The lowest BCUT2D eigenvalue weighted by Crippen LogP contribution is -2.14. The highest BCUT2D eigenvalue weighted by molar-refractivity contribution is 7.25. The van der Waals surface area contributed by atoms with Gasteiger partial charge in [-0.3, -0.25) is 0 Å². The molecule has 1 aliphatic rings. The number of thiophene rings is 1. The molecule has 2 nitrogen and oxygen atoms in total. The SMILES string of the molecule is CC1(C)c2ccccc2-c2c(-c3ccc(-c4ccc(-c5cc(-c6ccc7sc8ccccc8c7c6)nc(-c6ccccc6)n5)c5ccccc45)cc3)cccc21. The summed E-state index contributed by atoms with van der Waals surface area (Å²) in [6.07, 6.45) is 0. The predicted molar refractivity (Wildman–Crippen MR) is 237 cm³/mol. The Bertz CT molecular complexity index is 3150. The Hall–Kier alpha value is -6.68. The third kappa shape index (κ3) is 5.16. The number of fused-ring (bicyclic) bond motifs is 7. The molecule has 0 saturated heterocycles. The van der Waals surface area contributed by atoms with Gasteiger partial charge in [-0.2, -0.15) is 0 Å². The van der Waals surface area contributed by atoms with E-state index in [4.69, 9.17) is 9.97 Å². The van der Waals surface area contributed by atoms with Crippen molar-refractivity contribution in [2.45, 2.75) is 19.3 Å². The normalized spacial score (nSPS) is 13.0. The quantitative estimate of drug-likeness (QED) is 0.176. The van der Waals surface area contributed by atoms with E-state index < -0.39 is 0 Å². The number of aromatic nitrogens is 2. The van der Waals surface area contributed by atoms with Crippen LogP contribution in [-0.4, -0.2) is 9.97 Å². The molecular weight excluding hydrogens is 697 g/mol. The van der Waals surface area contributed by atoms with E-state index in [2.05, 4.69) is 190 Å². The Kier molecular flexibility index (Phi) is 7.42. The highest BCUT2D eigenvalue weighted by Crippen LogP contribution is 2.52. The van der Waals surface area contributed by atoms with Crippen molar-refractivity contribution in [3.8, 4) is 67.3 Å². The van der Waals surface area contributed by atoms with Crippen LogP contribution in [0.4, 0.5) is 0 Å². The summed E-state index contributed by atoms with van der Waals surface area (Å²) in [4.78, 5) is 10.4. The van der Waals surface area contributed by atoms with E-state index in [9.17, 15) is 0 Å². The van der Waals surface area contributed by atoms with E-state index in [0.717, 1.165) is 39.3 Å². The van der Waals surface area contributed by atoms with Gasteiger partial charge in [0, 0.05) is 42.3 Å².